The van der Waals surface area contributed by atoms with Gasteiger partial charge in [-0.25, -0.2) is 13.1 Å². The molecule has 15 heteroatoms. The Morgan fingerprint density at radius 2 is 1.56 bits per heavy atom. The van der Waals surface area contributed by atoms with Gasteiger partial charge in [-0.05, 0) is 99.6 Å². The fourth-order valence-electron chi connectivity index (χ4n) is 7.06. The average molecular weight is 741 g/mol. The molecule has 4 fully saturated rings. The number of aromatic nitrogens is 3. The van der Waals surface area contributed by atoms with E-state index in [1.54, 1.807) is 36.4 Å². The number of ether oxygens (including phenoxy) is 1. The summed E-state index contributed by atoms with van der Waals surface area (Å²) in [7, 11) is -3.73. The number of halogens is 3. The number of nitrogens with one attached hydrogen (secondary N) is 2. The number of anilines is 1. The van der Waals surface area contributed by atoms with Gasteiger partial charge in [0.2, 0.25) is 16.0 Å². The summed E-state index contributed by atoms with van der Waals surface area (Å²) in [5.74, 6) is -0.401. The summed E-state index contributed by atoms with van der Waals surface area (Å²) in [6.45, 7) is 1.81. The van der Waals surface area contributed by atoms with Gasteiger partial charge in [0.25, 0.3) is 5.91 Å². The molecule has 1 saturated heterocycles. The second-order valence-corrected chi connectivity index (χ2v) is 16.8. The van der Waals surface area contributed by atoms with Crippen LogP contribution in [0, 0.1) is 5.41 Å². The molecule has 278 valence electrons. The number of carbonyl (C=O) groups is 2. The fourth-order valence-corrected chi connectivity index (χ4v) is 8.55. The molecule has 1 amide bonds. The number of likely N-dealkylation sites (tertiary alicyclic amines) is 1. The van der Waals surface area contributed by atoms with Crippen molar-refractivity contribution in [1.29, 1.82) is 0 Å². The van der Waals surface area contributed by atoms with Crippen molar-refractivity contribution in [3.05, 3.63) is 76.6 Å². The number of sulfonamides is 1. The Bertz CT molecular complexity index is 1890. The zero-order valence-corrected chi connectivity index (χ0v) is 29.7. The summed E-state index contributed by atoms with van der Waals surface area (Å²) in [6, 6.07) is 13.1. The monoisotopic (exact) mass is 740 g/mol. The minimum atomic E-state index is -4.60. The first-order valence-electron chi connectivity index (χ1n) is 18.0. The number of nitrogens with zero attached hydrogens (tertiary/aromatic N) is 4. The van der Waals surface area contributed by atoms with Crippen LogP contribution in [0.5, 0.6) is 6.01 Å². The lowest BCUT2D eigenvalue weighted by atomic mass is 9.95. The third kappa shape index (κ3) is 8.91. The van der Waals surface area contributed by atoms with E-state index in [4.69, 9.17) is 4.74 Å². The van der Waals surface area contributed by atoms with Crippen LogP contribution < -0.4 is 14.8 Å². The van der Waals surface area contributed by atoms with Crippen molar-refractivity contribution < 1.29 is 35.9 Å². The van der Waals surface area contributed by atoms with Crippen LogP contribution in [0.1, 0.15) is 108 Å². The Labute approximate surface area is 301 Å². The molecule has 3 aliphatic carbocycles. The van der Waals surface area contributed by atoms with E-state index < -0.39 is 45.5 Å². The zero-order valence-electron chi connectivity index (χ0n) is 28.9. The van der Waals surface area contributed by atoms with Crippen molar-refractivity contribution >= 4 is 27.7 Å². The van der Waals surface area contributed by atoms with E-state index in [0.29, 0.717) is 37.7 Å². The number of carbonyl (C=O) groups excluding carboxylic acids is 2. The molecule has 3 saturated carbocycles. The summed E-state index contributed by atoms with van der Waals surface area (Å²) in [5.41, 5.74) is 1.96. The van der Waals surface area contributed by atoms with Gasteiger partial charge >= 0.3 is 12.2 Å². The van der Waals surface area contributed by atoms with Gasteiger partial charge in [-0.1, -0.05) is 42.8 Å². The Kier molecular flexibility index (Phi) is 10.0. The molecular formula is C37H43F3N6O5S. The average Bonchev–Trinajstić information content (AvgIpc) is 3.97. The highest BCUT2D eigenvalue weighted by atomic mass is 32.2. The largest absolute Gasteiger partial charge is 0.454 e. The van der Waals surface area contributed by atoms with Crippen molar-refractivity contribution in [3.63, 3.8) is 0 Å². The van der Waals surface area contributed by atoms with Crippen LogP contribution in [0.3, 0.4) is 0 Å². The standard InChI is InChI=1S/C37H43F3N6O5S/c38-37(39,40)24-51-34-42-31(22-25-6-8-26(9-7-25)30(47)14-15-35(16-17-35)23-46-20-1-2-21-46)41-33(43-34)44-36(18-19-36)28-12-10-27(11-13-28)32(48)45-52(49,50)29-4-3-5-29/h6-13,29H,1-5,14-24H2,(H,45,48)(H,41,42,43,44). The molecule has 11 nitrogen and oxygen atoms in total. The summed E-state index contributed by atoms with van der Waals surface area (Å²) < 4.78 is 71.0. The third-order valence-electron chi connectivity index (χ3n) is 10.8. The molecule has 1 aliphatic heterocycles. The molecule has 2 heterocycles. The minimum absolute atomic E-state index is 0.0304. The number of alkyl halides is 3. The van der Waals surface area contributed by atoms with Crippen molar-refractivity contribution in [3.8, 4) is 6.01 Å². The van der Waals surface area contributed by atoms with Crippen LogP contribution in [-0.4, -0.2) is 77.6 Å². The summed E-state index contributed by atoms with van der Waals surface area (Å²) in [6.07, 6.45) is 4.99. The second kappa shape index (κ2) is 14.4. The molecule has 0 radical (unpaired) electrons. The SMILES string of the molecule is O=C(CCC1(CN2CCCC2)CC1)c1ccc(Cc2nc(NC3(c4ccc(C(=O)NS(=O)(=O)C5CCC5)cc4)CC3)nc(OCC(F)(F)F)n2)cc1. The predicted octanol–water partition coefficient (Wildman–Crippen LogP) is 5.96. The maximum atomic E-state index is 13.1. The van der Waals surface area contributed by atoms with Gasteiger partial charge < -0.3 is 15.0 Å². The Morgan fingerprint density at radius 3 is 2.15 bits per heavy atom. The maximum absolute atomic E-state index is 13.1. The first kappa shape index (κ1) is 36.3. The summed E-state index contributed by atoms with van der Waals surface area (Å²) in [4.78, 5) is 41.0. The lowest BCUT2D eigenvalue weighted by molar-refractivity contribution is -0.154. The van der Waals surface area contributed by atoms with E-state index in [9.17, 15) is 31.2 Å². The van der Waals surface area contributed by atoms with E-state index >= 15 is 0 Å². The molecule has 3 aromatic rings. The predicted molar refractivity (Wildman–Crippen MR) is 187 cm³/mol. The van der Waals surface area contributed by atoms with Gasteiger partial charge in [-0.15, -0.1) is 0 Å². The van der Waals surface area contributed by atoms with Crippen LogP contribution in [0.25, 0.3) is 0 Å². The quantitative estimate of drug-likeness (QED) is 0.169. The van der Waals surface area contributed by atoms with E-state index in [1.165, 1.54) is 37.8 Å². The second-order valence-electron chi connectivity index (χ2n) is 14.9. The van der Waals surface area contributed by atoms with Crippen LogP contribution >= 0.6 is 0 Å². The van der Waals surface area contributed by atoms with Gasteiger partial charge in [-0.2, -0.15) is 28.1 Å². The number of benzene rings is 2. The molecule has 0 spiro atoms. The highest BCUT2D eigenvalue weighted by molar-refractivity contribution is 7.90. The lowest BCUT2D eigenvalue weighted by Crippen LogP contribution is -2.41. The summed E-state index contributed by atoms with van der Waals surface area (Å²) >= 11 is 0. The van der Waals surface area contributed by atoms with E-state index in [1.807, 2.05) is 0 Å². The first-order valence-corrected chi connectivity index (χ1v) is 19.6. The Morgan fingerprint density at radius 1 is 0.885 bits per heavy atom. The van der Waals surface area contributed by atoms with Gasteiger partial charge in [0.1, 0.15) is 5.82 Å². The number of rotatable bonds is 16. The number of Topliss-reactive ketones (excluding diaryl/α,β-unsaturated/α-hetero) is 1. The molecule has 7 rings (SSSR count). The molecule has 4 aliphatic rings. The third-order valence-corrected chi connectivity index (χ3v) is 12.6. The van der Waals surface area contributed by atoms with Gasteiger partial charge in [0.05, 0.1) is 10.8 Å². The molecule has 2 N–H and O–H groups in total. The van der Waals surface area contributed by atoms with Crippen molar-refractivity contribution in [2.45, 2.75) is 94.0 Å². The van der Waals surface area contributed by atoms with E-state index in [0.717, 1.165) is 43.6 Å². The molecule has 0 bridgehead atoms. The molecule has 0 atom stereocenters. The van der Waals surface area contributed by atoms with Crippen molar-refractivity contribution in [2.75, 3.05) is 31.6 Å². The van der Waals surface area contributed by atoms with Crippen LogP contribution in [-0.2, 0) is 22.0 Å². The zero-order chi connectivity index (χ0) is 36.6. The number of hydrogen-bond acceptors (Lipinski definition) is 10. The smallest absolute Gasteiger partial charge is 0.422 e. The Balaban J connectivity index is 1.01. The molecule has 2 aromatic carbocycles. The van der Waals surface area contributed by atoms with Crippen LogP contribution in [0.15, 0.2) is 48.5 Å². The van der Waals surface area contributed by atoms with Gasteiger partial charge in [-0.3, -0.25) is 9.59 Å². The number of ketones is 1. The van der Waals surface area contributed by atoms with Gasteiger partial charge in [0, 0.05) is 30.5 Å². The number of hydrogen-bond donors (Lipinski definition) is 2. The minimum Gasteiger partial charge on any atom is -0.454 e. The molecule has 1 aromatic heterocycles. The topological polar surface area (TPSA) is 143 Å². The Hall–Kier alpha value is -4.11. The van der Waals surface area contributed by atoms with E-state index in [2.05, 4.69) is 29.9 Å². The van der Waals surface area contributed by atoms with Crippen molar-refractivity contribution in [1.82, 2.24) is 24.6 Å². The normalized spacial score (nSPS) is 19.4. The maximum Gasteiger partial charge on any atom is 0.422 e. The molecule has 52 heavy (non-hydrogen) atoms. The first-order chi connectivity index (χ1) is 24.8. The van der Waals surface area contributed by atoms with Crippen molar-refractivity contribution in [2.24, 2.45) is 5.41 Å². The van der Waals surface area contributed by atoms with E-state index in [-0.39, 0.29) is 35.0 Å². The molecular weight excluding hydrogens is 698 g/mol. The lowest BCUT2D eigenvalue weighted by Gasteiger charge is -2.25. The van der Waals surface area contributed by atoms with Crippen LogP contribution in [0.4, 0.5) is 19.1 Å². The van der Waals surface area contributed by atoms with Gasteiger partial charge in [0.15, 0.2) is 12.4 Å². The van der Waals surface area contributed by atoms with Crippen LogP contribution in [0.2, 0.25) is 0 Å². The summed E-state index contributed by atoms with van der Waals surface area (Å²) in [5, 5.41) is 2.69. The highest BCUT2D eigenvalue weighted by Crippen LogP contribution is 2.51. The molecule has 0 unspecified atom stereocenters. The number of amides is 1. The fraction of sp³-hybridized carbons (Fsp3) is 0.541. The highest BCUT2D eigenvalue weighted by Gasteiger charge is 2.46.